The molecule has 1 unspecified atom stereocenters. The van der Waals surface area contributed by atoms with Crippen molar-refractivity contribution in [1.82, 2.24) is 21.3 Å². The summed E-state index contributed by atoms with van der Waals surface area (Å²) in [6, 6.07) is 23.2. The van der Waals surface area contributed by atoms with Crippen LogP contribution in [0.2, 0.25) is 0 Å². The Morgan fingerprint density at radius 2 is 1.08 bits per heavy atom. The van der Waals surface area contributed by atoms with E-state index >= 15 is 0 Å². The Bertz CT molecular complexity index is 2520. The molecule has 2 aliphatic rings. The highest BCUT2D eigenvalue weighted by Gasteiger charge is 2.37. The van der Waals surface area contributed by atoms with Gasteiger partial charge in [-0.1, -0.05) is 138 Å². The molecule has 16 nitrogen and oxygen atoms in total. The van der Waals surface area contributed by atoms with Crippen LogP contribution in [0, 0.1) is 35.5 Å². The summed E-state index contributed by atoms with van der Waals surface area (Å²) in [5, 5.41) is 10.6. The van der Waals surface area contributed by atoms with Crippen LogP contribution in [-0.2, 0) is 67.3 Å². The number of carbonyl (C=O) groups excluding carboxylic acids is 9. The molecular weight excluding hydrogens is 969 g/mol. The van der Waals surface area contributed by atoms with Gasteiger partial charge in [0.15, 0.2) is 17.3 Å². The summed E-state index contributed by atoms with van der Waals surface area (Å²) in [5.74, 6) is -4.83. The molecule has 4 amide bonds. The number of rotatable bonds is 31. The quantitative estimate of drug-likeness (QED) is 0.0205. The number of carbonyl (C=O) groups is 9. The highest BCUT2D eigenvalue weighted by molar-refractivity contribution is 6.38. The van der Waals surface area contributed by atoms with Crippen LogP contribution < -0.4 is 21.3 Å². The standard InChI is InChI=1S/C31H38N2O6.C29H44N2O6/c1-21(2)17-26(33-31(38)39-20-23-11-7-4-8-12-23)28(35)19-25(18-24-15-16-32-30(24)37)29(36)27(34)14-13-22-9-5-3-6-10-22;1-5-6-8-13-27(33)37-21(4)24(17-23-14-15-30-28(23)34)18-26(32)25(16-20(2)3)31-29(35)36-19-22-11-9-7-10-12-22/h3-12,21,24-26H,13-20H2,1-2H3,(H,32,37)(H,33,38);7,9-12,20-21,23-25H,5-6,8,13-19H2,1-4H3,(H,30,34)(H,31,35)/t24-,25+,26-;21?,23-,24+,25-/m00/s1/i20D2;19D2. The summed E-state index contributed by atoms with van der Waals surface area (Å²) < 4.78 is 48.3. The first-order valence-corrected chi connectivity index (χ1v) is 26.9. The second kappa shape index (κ2) is 33.3. The van der Waals surface area contributed by atoms with Gasteiger partial charge in [-0.05, 0) is 86.8 Å². The minimum Gasteiger partial charge on any atom is -0.462 e. The molecule has 5 rings (SSSR count). The molecule has 7 atom stereocenters. The Labute approximate surface area is 454 Å². The van der Waals surface area contributed by atoms with E-state index in [9.17, 15) is 43.2 Å². The van der Waals surface area contributed by atoms with Gasteiger partial charge in [-0.3, -0.25) is 33.6 Å². The zero-order chi connectivity index (χ0) is 59.0. The first-order valence-electron chi connectivity index (χ1n) is 28.9. The molecular formula is C60H82N4O12. The van der Waals surface area contributed by atoms with E-state index in [0.717, 1.165) is 24.8 Å². The lowest BCUT2D eigenvalue weighted by atomic mass is 9.82. The lowest BCUT2D eigenvalue weighted by molar-refractivity contribution is -0.152. The van der Waals surface area contributed by atoms with E-state index in [0.29, 0.717) is 51.6 Å². The zero-order valence-electron chi connectivity index (χ0n) is 49.1. The highest BCUT2D eigenvalue weighted by atomic mass is 16.6. The third-order valence-electron chi connectivity index (χ3n) is 13.3. The summed E-state index contributed by atoms with van der Waals surface area (Å²) in [6.45, 7) is 7.56. The molecule has 2 heterocycles. The van der Waals surface area contributed by atoms with E-state index in [-0.39, 0.29) is 84.6 Å². The van der Waals surface area contributed by atoms with E-state index < -0.39 is 78.6 Å². The van der Waals surface area contributed by atoms with Crippen LogP contribution in [0.5, 0.6) is 0 Å². The molecule has 3 aromatic rings. The van der Waals surface area contributed by atoms with Gasteiger partial charge < -0.3 is 35.5 Å². The van der Waals surface area contributed by atoms with Gasteiger partial charge in [0, 0.05) is 62.4 Å². The molecule has 0 saturated carbocycles. The van der Waals surface area contributed by atoms with Crippen LogP contribution in [0.4, 0.5) is 9.59 Å². The largest absolute Gasteiger partial charge is 0.462 e. The number of Topliss-reactive ketones (excluding diaryl/α,β-unsaturated/α-hetero) is 4. The lowest BCUT2D eigenvalue weighted by Gasteiger charge is -2.27. The van der Waals surface area contributed by atoms with Crippen LogP contribution in [-0.4, -0.2) is 84.4 Å². The molecule has 414 valence electrons. The molecule has 2 fully saturated rings. The fourth-order valence-corrected chi connectivity index (χ4v) is 9.14. The number of alkyl carbamates (subject to hydrolysis) is 2. The highest BCUT2D eigenvalue weighted by Crippen LogP contribution is 2.29. The number of amides is 4. The van der Waals surface area contributed by atoms with Crippen molar-refractivity contribution >= 4 is 53.1 Å². The Hall–Kier alpha value is -6.71. The number of nitrogens with one attached hydrogen (secondary N) is 4. The molecule has 3 aromatic carbocycles. The number of benzene rings is 3. The number of unbranched alkanes of at least 4 members (excludes halogenated alkanes) is 2. The third kappa shape index (κ3) is 23.0. The number of ether oxygens (including phenoxy) is 3. The Balaban J connectivity index is 0.000000345. The normalized spacial score (nSPS) is 18.1. The molecule has 0 radical (unpaired) electrons. The molecule has 16 heteroatoms. The molecule has 4 N–H and O–H groups in total. The van der Waals surface area contributed by atoms with Gasteiger partial charge in [0.2, 0.25) is 17.6 Å². The second-order valence-corrected chi connectivity index (χ2v) is 20.6. The van der Waals surface area contributed by atoms with Gasteiger partial charge in [-0.25, -0.2) is 9.59 Å². The summed E-state index contributed by atoms with van der Waals surface area (Å²) in [5.41, 5.74) is 1.22. The average Bonchev–Trinajstić information content (AvgIpc) is 4.03. The van der Waals surface area contributed by atoms with Gasteiger partial charge in [-0.2, -0.15) is 0 Å². The van der Waals surface area contributed by atoms with E-state index in [1.54, 1.807) is 43.3 Å². The van der Waals surface area contributed by atoms with Gasteiger partial charge in [0.25, 0.3) is 0 Å². The number of aryl methyl sites for hydroxylation is 1. The molecule has 2 saturated heterocycles. The topological polar surface area (TPSA) is 229 Å². The average molecular weight is 1060 g/mol. The third-order valence-corrected chi connectivity index (χ3v) is 13.3. The van der Waals surface area contributed by atoms with Crippen LogP contribution in [0.1, 0.15) is 147 Å². The SMILES string of the molecule is [2H]C([2H])(OC(=O)N[C@@H](CC(C)C)C(=O)C[C@@H](C[C@@H]1CCNC1=O)C(=O)C(=O)CCc1ccccc1)c1ccccc1.[2H]C([2H])(OC(=O)N[C@@H](CC(C)C)C(=O)C[C@@H](C[C@@H]1CCNC1=O)C(C)OC(=O)CCCCC)c1ccccc1. The van der Waals surface area contributed by atoms with Gasteiger partial charge in [0.05, 0.1) is 17.6 Å². The number of ketones is 4. The maximum Gasteiger partial charge on any atom is 0.408 e. The predicted octanol–water partition coefficient (Wildman–Crippen LogP) is 9.14. The minimum absolute atomic E-state index is 0.00354. The molecule has 76 heavy (non-hydrogen) atoms. The van der Waals surface area contributed by atoms with Crippen molar-refractivity contribution < 1.29 is 62.8 Å². The Morgan fingerprint density at radius 1 is 0.618 bits per heavy atom. The van der Waals surface area contributed by atoms with Crippen LogP contribution in [0.15, 0.2) is 91.0 Å². The van der Waals surface area contributed by atoms with Crippen molar-refractivity contribution in [1.29, 1.82) is 0 Å². The van der Waals surface area contributed by atoms with E-state index in [2.05, 4.69) is 28.2 Å². The van der Waals surface area contributed by atoms with Gasteiger partial charge in [-0.15, -0.1) is 0 Å². The zero-order valence-corrected chi connectivity index (χ0v) is 45.1. The number of hydrogen-bond donors (Lipinski definition) is 4. The lowest BCUT2D eigenvalue weighted by Crippen LogP contribution is -2.43. The molecule has 0 aliphatic carbocycles. The smallest absolute Gasteiger partial charge is 0.408 e. The van der Waals surface area contributed by atoms with Crippen molar-refractivity contribution in [3.05, 3.63) is 108 Å². The molecule has 0 aromatic heterocycles. The summed E-state index contributed by atoms with van der Waals surface area (Å²) in [6.07, 6.45) is 2.36. The summed E-state index contributed by atoms with van der Waals surface area (Å²) in [7, 11) is 0. The van der Waals surface area contributed by atoms with E-state index in [1.165, 1.54) is 24.3 Å². The van der Waals surface area contributed by atoms with Crippen molar-refractivity contribution in [2.45, 2.75) is 163 Å². The first-order chi connectivity index (χ1) is 37.9. The maximum absolute atomic E-state index is 13.5. The molecule has 0 bridgehead atoms. The summed E-state index contributed by atoms with van der Waals surface area (Å²) >= 11 is 0. The summed E-state index contributed by atoms with van der Waals surface area (Å²) in [4.78, 5) is 116. The molecule has 0 spiro atoms. The van der Waals surface area contributed by atoms with Crippen LogP contribution >= 0.6 is 0 Å². The van der Waals surface area contributed by atoms with Crippen LogP contribution in [0.3, 0.4) is 0 Å². The van der Waals surface area contributed by atoms with Crippen molar-refractivity contribution in [3.8, 4) is 0 Å². The Morgan fingerprint density at radius 3 is 1.53 bits per heavy atom. The first kappa shape index (κ1) is 55.5. The Kier molecular flexibility index (Phi) is 24.4. The maximum atomic E-state index is 13.5. The van der Waals surface area contributed by atoms with Gasteiger partial charge in [0.1, 0.15) is 19.2 Å². The van der Waals surface area contributed by atoms with Crippen molar-refractivity contribution in [2.24, 2.45) is 35.5 Å². The van der Waals surface area contributed by atoms with E-state index in [4.69, 9.17) is 19.7 Å². The van der Waals surface area contributed by atoms with Crippen molar-refractivity contribution in [3.63, 3.8) is 0 Å². The number of esters is 1. The number of hydrogen-bond acceptors (Lipinski definition) is 12. The fourth-order valence-electron chi connectivity index (χ4n) is 9.14. The van der Waals surface area contributed by atoms with Crippen LogP contribution in [0.25, 0.3) is 0 Å². The predicted molar refractivity (Wildman–Crippen MR) is 288 cm³/mol. The monoisotopic (exact) mass is 1050 g/mol. The van der Waals surface area contributed by atoms with Crippen molar-refractivity contribution in [2.75, 3.05) is 13.1 Å². The fraction of sp³-hybridized carbons (Fsp3) is 0.550. The second-order valence-electron chi connectivity index (χ2n) is 20.6. The van der Waals surface area contributed by atoms with E-state index in [1.807, 2.05) is 58.0 Å². The molecule has 2 aliphatic heterocycles. The minimum atomic E-state index is -2.43. The van der Waals surface area contributed by atoms with Gasteiger partial charge >= 0.3 is 18.2 Å².